The molecule has 3 aromatic heterocycles. The minimum absolute atomic E-state index is 0.172. The number of carboxylic acid groups (broad SMARTS) is 1. The van der Waals surface area contributed by atoms with E-state index < -0.39 is 23.9 Å². The highest BCUT2D eigenvalue weighted by Crippen LogP contribution is 2.30. The summed E-state index contributed by atoms with van der Waals surface area (Å²) >= 11 is 0. The Balaban J connectivity index is 1.32. The molecule has 2 aromatic carbocycles. The topological polar surface area (TPSA) is 116 Å². The van der Waals surface area contributed by atoms with E-state index in [1.165, 1.54) is 0 Å². The number of para-hydroxylation sites is 1. The normalized spacial score (nSPS) is 12.3. The van der Waals surface area contributed by atoms with Gasteiger partial charge in [0.15, 0.2) is 0 Å². The van der Waals surface area contributed by atoms with Gasteiger partial charge in [-0.1, -0.05) is 24.3 Å². The molecule has 0 saturated heterocycles. The number of hydrogen-bond acceptors (Lipinski definition) is 6. The Morgan fingerprint density at radius 3 is 2.62 bits per heavy atom. The van der Waals surface area contributed by atoms with Crippen molar-refractivity contribution in [1.29, 1.82) is 0 Å². The number of hydrogen-bond donors (Lipinski definition) is 4. The molecule has 5 aromatic rings. The highest BCUT2D eigenvalue weighted by Gasteiger charge is 2.32. The number of aryl methyl sites for hydroxylation is 1. The summed E-state index contributed by atoms with van der Waals surface area (Å²) < 4.78 is 39.0. The number of fused-ring (bicyclic) bond motifs is 1. The summed E-state index contributed by atoms with van der Waals surface area (Å²) in [5.74, 6) is -0.777. The number of rotatable bonds is 8. The zero-order valence-corrected chi connectivity index (χ0v) is 20.6. The van der Waals surface area contributed by atoms with Gasteiger partial charge in [-0.2, -0.15) is 13.2 Å². The Bertz CT molecular complexity index is 1630. The molecule has 0 spiro atoms. The molecule has 0 aliphatic rings. The molecule has 11 heteroatoms. The molecule has 0 unspecified atom stereocenters. The van der Waals surface area contributed by atoms with Gasteiger partial charge in [-0.25, -0.2) is 19.7 Å². The molecule has 1 atom stereocenters. The van der Waals surface area contributed by atoms with Crippen LogP contribution in [0.5, 0.6) is 0 Å². The Morgan fingerprint density at radius 1 is 1.05 bits per heavy atom. The van der Waals surface area contributed by atoms with Crippen LogP contribution in [0.25, 0.3) is 22.0 Å². The SMILES string of the molecule is Cc1cc(Nc2nccc(C(F)(F)F)n2)cc(-c2ccc(N[C@@H](Cc3c[nH]c4ccccc34)C(=O)O)nc2)c1. The molecule has 198 valence electrons. The zero-order valence-electron chi connectivity index (χ0n) is 20.6. The molecule has 5 rings (SSSR count). The molecule has 8 nitrogen and oxygen atoms in total. The van der Waals surface area contributed by atoms with Gasteiger partial charge < -0.3 is 20.7 Å². The van der Waals surface area contributed by atoms with E-state index in [0.29, 0.717) is 11.5 Å². The largest absolute Gasteiger partial charge is 0.480 e. The minimum Gasteiger partial charge on any atom is -0.480 e. The number of halogens is 3. The van der Waals surface area contributed by atoms with Gasteiger partial charge in [0.2, 0.25) is 5.95 Å². The van der Waals surface area contributed by atoms with Crippen molar-refractivity contribution in [3.8, 4) is 11.1 Å². The highest BCUT2D eigenvalue weighted by atomic mass is 19.4. The van der Waals surface area contributed by atoms with Crippen molar-refractivity contribution in [2.75, 3.05) is 10.6 Å². The van der Waals surface area contributed by atoms with Crippen LogP contribution < -0.4 is 10.6 Å². The van der Waals surface area contributed by atoms with E-state index in [1.54, 1.807) is 30.5 Å². The first-order valence-electron chi connectivity index (χ1n) is 12.0. The fourth-order valence-electron chi connectivity index (χ4n) is 4.28. The summed E-state index contributed by atoms with van der Waals surface area (Å²) in [6.07, 6.45) is 0.146. The second kappa shape index (κ2) is 10.4. The Labute approximate surface area is 221 Å². The van der Waals surface area contributed by atoms with Crippen LogP contribution in [-0.2, 0) is 17.4 Å². The van der Waals surface area contributed by atoms with Crippen LogP contribution in [0, 0.1) is 6.92 Å². The van der Waals surface area contributed by atoms with Gasteiger partial charge in [0, 0.05) is 47.2 Å². The first-order chi connectivity index (χ1) is 18.7. The molecule has 0 amide bonds. The minimum atomic E-state index is -4.58. The van der Waals surface area contributed by atoms with Gasteiger partial charge in [-0.15, -0.1) is 0 Å². The predicted octanol–water partition coefficient (Wildman–Crippen LogP) is 6.20. The average Bonchev–Trinajstić information content (AvgIpc) is 3.31. The summed E-state index contributed by atoms with van der Waals surface area (Å²) in [7, 11) is 0. The van der Waals surface area contributed by atoms with Gasteiger partial charge in [-0.3, -0.25) is 0 Å². The number of anilines is 3. The van der Waals surface area contributed by atoms with Gasteiger partial charge in [0.05, 0.1) is 0 Å². The lowest BCUT2D eigenvalue weighted by Crippen LogP contribution is -2.31. The van der Waals surface area contributed by atoms with E-state index in [9.17, 15) is 23.1 Å². The van der Waals surface area contributed by atoms with E-state index in [4.69, 9.17) is 0 Å². The van der Waals surface area contributed by atoms with Crippen molar-refractivity contribution < 1.29 is 23.1 Å². The average molecular weight is 533 g/mol. The molecule has 0 radical (unpaired) electrons. The van der Waals surface area contributed by atoms with Gasteiger partial charge in [0.1, 0.15) is 17.6 Å². The number of aromatic amines is 1. The van der Waals surface area contributed by atoms with Crippen molar-refractivity contribution in [2.45, 2.75) is 25.6 Å². The summed E-state index contributed by atoms with van der Waals surface area (Å²) in [6, 6.07) is 16.5. The number of carbonyl (C=O) groups is 1. The molecule has 0 saturated carbocycles. The van der Waals surface area contributed by atoms with E-state index >= 15 is 0 Å². The van der Waals surface area contributed by atoms with E-state index in [1.807, 2.05) is 43.5 Å². The first kappa shape index (κ1) is 25.7. The second-order valence-electron chi connectivity index (χ2n) is 9.01. The third kappa shape index (κ3) is 5.98. The van der Waals surface area contributed by atoms with Crippen molar-refractivity contribution in [2.24, 2.45) is 0 Å². The second-order valence-corrected chi connectivity index (χ2v) is 9.01. The van der Waals surface area contributed by atoms with Crippen LogP contribution in [0.4, 0.5) is 30.6 Å². The molecular formula is C28H23F3N6O2. The highest BCUT2D eigenvalue weighted by molar-refractivity contribution is 5.85. The smallest absolute Gasteiger partial charge is 0.433 e. The molecular weight excluding hydrogens is 509 g/mol. The summed E-state index contributed by atoms with van der Waals surface area (Å²) in [6.45, 7) is 1.85. The third-order valence-corrected chi connectivity index (χ3v) is 6.10. The first-order valence-corrected chi connectivity index (χ1v) is 12.0. The number of carboxylic acids is 1. The Kier molecular flexibility index (Phi) is 6.88. The predicted molar refractivity (Wildman–Crippen MR) is 142 cm³/mol. The van der Waals surface area contributed by atoms with Crippen LogP contribution in [-0.4, -0.2) is 37.1 Å². The molecule has 0 bridgehead atoms. The number of alkyl halides is 3. The number of nitrogens with zero attached hydrogens (tertiary/aromatic N) is 3. The number of nitrogens with one attached hydrogen (secondary N) is 3. The standard InChI is InChI=1S/C28H23F3N6O2/c1-16-10-18(12-20(11-16)35-27-32-9-8-24(37-27)28(29,30)31)17-6-7-25(34-14-17)36-23(26(38)39)13-19-15-33-22-5-3-2-4-21(19)22/h2-12,14-15,23,33H,13H2,1H3,(H,34,36)(H,38,39)(H,32,35,37)/t23-/m0/s1. The van der Waals surface area contributed by atoms with E-state index in [2.05, 4.69) is 30.6 Å². The van der Waals surface area contributed by atoms with Crippen LogP contribution >= 0.6 is 0 Å². The number of pyridine rings is 1. The summed E-state index contributed by atoms with van der Waals surface area (Å²) in [5.41, 5.74) is 3.64. The number of benzene rings is 2. The fourth-order valence-corrected chi connectivity index (χ4v) is 4.28. The molecule has 0 aliphatic heterocycles. The van der Waals surface area contributed by atoms with E-state index in [0.717, 1.165) is 45.4 Å². The summed E-state index contributed by atoms with van der Waals surface area (Å²) in [4.78, 5) is 27.0. The van der Waals surface area contributed by atoms with Crippen LogP contribution in [0.3, 0.4) is 0 Å². The number of aliphatic carboxylic acids is 1. The van der Waals surface area contributed by atoms with E-state index in [-0.39, 0.29) is 12.4 Å². The third-order valence-electron chi connectivity index (χ3n) is 6.10. The molecule has 0 aliphatic carbocycles. The maximum Gasteiger partial charge on any atom is 0.433 e. The van der Waals surface area contributed by atoms with Crippen LogP contribution in [0.2, 0.25) is 0 Å². The zero-order chi connectivity index (χ0) is 27.6. The maximum absolute atomic E-state index is 13.0. The lowest BCUT2D eigenvalue weighted by Gasteiger charge is -2.15. The quantitative estimate of drug-likeness (QED) is 0.188. The molecule has 3 heterocycles. The molecule has 4 N–H and O–H groups in total. The van der Waals surface area contributed by atoms with Gasteiger partial charge in [-0.05, 0) is 60.0 Å². The van der Waals surface area contributed by atoms with Crippen LogP contribution in [0.1, 0.15) is 16.8 Å². The van der Waals surface area contributed by atoms with Gasteiger partial charge in [0.25, 0.3) is 0 Å². The lowest BCUT2D eigenvalue weighted by molar-refractivity contribution is -0.141. The van der Waals surface area contributed by atoms with Crippen molar-refractivity contribution in [3.05, 3.63) is 96.1 Å². The Morgan fingerprint density at radius 2 is 1.87 bits per heavy atom. The monoisotopic (exact) mass is 532 g/mol. The lowest BCUT2D eigenvalue weighted by atomic mass is 10.0. The van der Waals surface area contributed by atoms with Gasteiger partial charge >= 0.3 is 12.1 Å². The maximum atomic E-state index is 13.0. The summed E-state index contributed by atoms with van der Waals surface area (Å²) in [5, 5.41) is 16.6. The van der Waals surface area contributed by atoms with Crippen molar-refractivity contribution in [3.63, 3.8) is 0 Å². The fraction of sp³-hybridized carbons (Fsp3) is 0.143. The van der Waals surface area contributed by atoms with Crippen molar-refractivity contribution in [1.82, 2.24) is 19.9 Å². The van der Waals surface area contributed by atoms with Crippen LogP contribution in [0.15, 0.2) is 79.3 Å². The number of aromatic nitrogens is 4. The Hall–Kier alpha value is -4.93. The van der Waals surface area contributed by atoms with Crippen molar-refractivity contribution >= 4 is 34.3 Å². The molecule has 0 fully saturated rings. The number of H-pyrrole nitrogens is 1. The molecule has 39 heavy (non-hydrogen) atoms.